The van der Waals surface area contributed by atoms with Gasteiger partial charge in [-0.3, -0.25) is 9.69 Å². The van der Waals surface area contributed by atoms with Crippen molar-refractivity contribution in [2.75, 3.05) is 39.3 Å². The molecule has 0 aliphatic carbocycles. The number of rotatable bonds is 5. The first-order valence-electron chi connectivity index (χ1n) is 10.4. The molecule has 0 aromatic heterocycles. The SMILES string of the molecule is O=C(C(c1ccccc1)N1CCCC1)N1CCN(S(=O)(=O)c2c(F)cccc2F)CC1. The van der Waals surface area contributed by atoms with Crippen molar-refractivity contribution >= 4 is 15.9 Å². The van der Waals surface area contributed by atoms with Gasteiger partial charge in [0.05, 0.1) is 0 Å². The van der Waals surface area contributed by atoms with Gasteiger partial charge in [-0.1, -0.05) is 36.4 Å². The van der Waals surface area contributed by atoms with Gasteiger partial charge in [-0.2, -0.15) is 4.31 Å². The van der Waals surface area contributed by atoms with Gasteiger partial charge in [-0.05, 0) is 43.6 Å². The van der Waals surface area contributed by atoms with Crippen LogP contribution in [0.3, 0.4) is 0 Å². The lowest BCUT2D eigenvalue weighted by molar-refractivity contribution is -0.138. The average molecular weight is 450 g/mol. The summed E-state index contributed by atoms with van der Waals surface area (Å²) in [5.74, 6) is -2.30. The number of carbonyl (C=O) groups excluding carboxylic acids is 1. The van der Waals surface area contributed by atoms with Crippen molar-refractivity contribution in [3.63, 3.8) is 0 Å². The molecule has 2 saturated heterocycles. The van der Waals surface area contributed by atoms with E-state index in [1.165, 1.54) is 0 Å². The summed E-state index contributed by atoms with van der Waals surface area (Å²) < 4.78 is 54.8. The largest absolute Gasteiger partial charge is 0.338 e. The first kappa shape index (κ1) is 21.9. The summed E-state index contributed by atoms with van der Waals surface area (Å²) in [6, 6.07) is 12.1. The lowest BCUT2D eigenvalue weighted by Gasteiger charge is -2.38. The van der Waals surface area contributed by atoms with Crippen LogP contribution >= 0.6 is 0 Å². The second kappa shape index (κ2) is 9.02. The van der Waals surface area contributed by atoms with Gasteiger partial charge in [0, 0.05) is 26.2 Å². The molecule has 2 heterocycles. The van der Waals surface area contributed by atoms with Crippen LogP contribution < -0.4 is 0 Å². The van der Waals surface area contributed by atoms with E-state index in [4.69, 9.17) is 0 Å². The smallest absolute Gasteiger partial charge is 0.249 e. The molecule has 0 radical (unpaired) electrons. The average Bonchev–Trinajstić information content (AvgIpc) is 3.29. The third-order valence-electron chi connectivity index (χ3n) is 5.92. The highest BCUT2D eigenvalue weighted by molar-refractivity contribution is 7.89. The first-order valence-corrected chi connectivity index (χ1v) is 11.9. The van der Waals surface area contributed by atoms with E-state index in [2.05, 4.69) is 4.90 Å². The standard InChI is InChI=1S/C22H25F2N3O3S/c23-18-9-6-10-19(24)21(18)31(29,30)27-15-13-26(14-16-27)22(28)20(25-11-4-5-12-25)17-7-2-1-3-8-17/h1-3,6-10,20H,4-5,11-16H2. The van der Waals surface area contributed by atoms with Crippen LogP contribution in [-0.2, 0) is 14.8 Å². The minimum Gasteiger partial charge on any atom is -0.338 e. The van der Waals surface area contributed by atoms with Crippen molar-refractivity contribution in [1.82, 2.24) is 14.1 Å². The van der Waals surface area contributed by atoms with Crippen LogP contribution in [0.2, 0.25) is 0 Å². The molecule has 0 N–H and O–H groups in total. The fourth-order valence-electron chi connectivity index (χ4n) is 4.32. The monoisotopic (exact) mass is 449 g/mol. The fourth-order valence-corrected chi connectivity index (χ4v) is 5.86. The molecular formula is C22H25F2N3O3S. The van der Waals surface area contributed by atoms with Gasteiger partial charge in [-0.25, -0.2) is 17.2 Å². The Morgan fingerprint density at radius 2 is 1.39 bits per heavy atom. The highest BCUT2D eigenvalue weighted by Gasteiger charge is 2.37. The van der Waals surface area contributed by atoms with Crippen LogP contribution in [0.25, 0.3) is 0 Å². The summed E-state index contributed by atoms with van der Waals surface area (Å²) in [6.45, 7) is 2.00. The fraction of sp³-hybridized carbons (Fsp3) is 0.409. The molecule has 1 atom stereocenters. The predicted octanol–water partition coefficient (Wildman–Crippen LogP) is 2.63. The summed E-state index contributed by atoms with van der Waals surface area (Å²) in [7, 11) is -4.33. The number of halogens is 2. The number of sulfonamides is 1. The van der Waals surface area contributed by atoms with E-state index in [1.807, 2.05) is 30.3 Å². The Kier molecular flexibility index (Phi) is 6.36. The lowest BCUT2D eigenvalue weighted by Crippen LogP contribution is -2.53. The summed E-state index contributed by atoms with van der Waals surface area (Å²) >= 11 is 0. The van der Waals surface area contributed by atoms with Gasteiger partial charge < -0.3 is 4.90 Å². The molecule has 0 saturated carbocycles. The quantitative estimate of drug-likeness (QED) is 0.704. The maximum Gasteiger partial charge on any atom is 0.249 e. The number of carbonyl (C=O) groups is 1. The summed E-state index contributed by atoms with van der Waals surface area (Å²) in [4.78, 5) is 16.3. The maximum absolute atomic E-state index is 14.1. The molecule has 0 bridgehead atoms. The summed E-state index contributed by atoms with van der Waals surface area (Å²) in [5.41, 5.74) is 0.915. The molecule has 31 heavy (non-hydrogen) atoms. The van der Waals surface area contributed by atoms with E-state index < -0.39 is 32.6 Å². The number of hydrogen-bond donors (Lipinski definition) is 0. The summed E-state index contributed by atoms with van der Waals surface area (Å²) in [6.07, 6.45) is 2.08. The normalized spacial score (nSPS) is 19.5. The first-order chi connectivity index (χ1) is 14.9. The molecule has 2 fully saturated rings. The van der Waals surface area contributed by atoms with Crippen LogP contribution in [0.5, 0.6) is 0 Å². The Labute approximate surface area is 181 Å². The number of hydrogen-bond acceptors (Lipinski definition) is 4. The van der Waals surface area contributed by atoms with Crippen LogP contribution in [0.4, 0.5) is 8.78 Å². The molecule has 4 rings (SSSR count). The molecule has 1 unspecified atom stereocenters. The molecule has 2 aliphatic rings. The molecule has 9 heteroatoms. The highest BCUT2D eigenvalue weighted by atomic mass is 32.2. The molecule has 1 amide bonds. The van der Waals surface area contributed by atoms with Crippen molar-refractivity contribution in [2.45, 2.75) is 23.8 Å². The van der Waals surface area contributed by atoms with Crippen LogP contribution in [-0.4, -0.2) is 67.7 Å². The Bertz CT molecular complexity index is 1010. The number of nitrogens with zero attached hydrogens (tertiary/aromatic N) is 3. The molecule has 2 aromatic carbocycles. The van der Waals surface area contributed by atoms with Gasteiger partial charge in [0.15, 0.2) is 4.90 Å². The predicted molar refractivity (Wildman–Crippen MR) is 112 cm³/mol. The van der Waals surface area contributed by atoms with Gasteiger partial charge in [-0.15, -0.1) is 0 Å². The Hall–Kier alpha value is -2.36. The topological polar surface area (TPSA) is 60.9 Å². The van der Waals surface area contributed by atoms with E-state index in [9.17, 15) is 22.0 Å². The molecule has 166 valence electrons. The lowest BCUT2D eigenvalue weighted by atomic mass is 10.0. The Morgan fingerprint density at radius 1 is 0.806 bits per heavy atom. The van der Waals surface area contributed by atoms with Gasteiger partial charge in [0.1, 0.15) is 17.7 Å². The number of piperazine rings is 1. The summed E-state index contributed by atoms with van der Waals surface area (Å²) in [5, 5.41) is 0. The van der Waals surface area contributed by atoms with E-state index in [0.29, 0.717) is 0 Å². The molecule has 6 nitrogen and oxygen atoms in total. The van der Waals surface area contributed by atoms with Gasteiger partial charge in [0.2, 0.25) is 15.9 Å². The minimum atomic E-state index is -4.33. The van der Waals surface area contributed by atoms with E-state index in [1.54, 1.807) is 4.90 Å². The van der Waals surface area contributed by atoms with Gasteiger partial charge in [0.25, 0.3) is 0 Å². The minimum absolute atomic E-state index is 0.0106. The van der Waals surface area contributed by atoms with Crippen molar-refractivity contribution in [1.29, 1.82) is 0 Å². The van der Waals surface area contributed by atoms with Crippen molar-refractivity contribution < 1.29 is 22.0 Å². The van der Waals surface area contributed by atoms with E-state index in [0.717, 1.165) is 54.0 Å². The van der Waals surface area contributed by atoms with E-state index in [-0.39, 0.29) is 32.1 Å². The molecule has 2 aliphatic heterocycles. The maximum atomic E-state index is 14.1. The third-order valence-corrected chi connectivity index (χ3v) is 7.87. The van der Waals surface area contributed by atoms with Crippen molar-refractivity contribution in [3.05, 3.63) is 65.7 Å². The van der Waals surface area contributed by atoms with E-state index >= 15 is 0 Å². The zero-order valence-electron chi connectivity index (χ0n) is 17.1. The zero-order chi connectivity index (χ0) is 22.0. The second-order valence-electron chi connectivity index (χ2n) is 7.84. The highest BCUT2D eigenvalue weighted by Crippen LogP contribution is 2.29. The number of benzene rings is 2. The Balaban J connectivity index is 1.50. The Morgan fingerprint density at radius 3 is 1.97 bits per heavy atom. The van der Waals surface area contributed by atoms with Crippen LogP contribution in [0, 0.1) is 11.6 Å². The molecular weight excluding hydrogens is 424 g/mol. The van der Waals surface area contributed by atoms with Gasteiger partial charge >= 0.3 is 0 Å². The van der Waals surface area contributed by atoms with Crippen LogP contribution in [0.1, 0.15) is 24.4 Å². The van der Waals surface area contributed by atoms with Crippen molar-refractivity contribution in [2.24, 2.45) is 0 Å². The van der Waals surface area contributed by atoms with Crippen molar-refractivity contribution in [3.8, 4) is 0 Å². The molecule has 0 spiro atoms. The molecule has 2 aromatic rings. The second-order valence-corrected chi connectivity index (χ2v) is 9.71. The number of amides is 1. The third kappa shape index (κ3) is 4.35. The van der Waals surface area contributed by atoms with Crippen LogP contribution in [0.15, 0.2) is 53.4 Å². The number of likely N-dealkylation sites (tertiary alicyclic amines) is 1. The zero-order valence-corrected chi connectivity index (χ0v) is 17.9.